The molecule has 3 heterocycles. The molecule has 5 rings (SSSR count). The number of rotatable bonds is 7. The lowest BCUT2D eigenvalue weighted by atomic mass is 9.96. The van der Waals surface area contributed by atoms with Crippen molar-refractivity contribution in [3.63, 3.8) is 0 Å². The molecule has 0 radical (unpaired) electrons. The van der Waals surface area contributed by atoms with Crippen molar-refractivity contribution in [1.82, 2.24) is 4.57 Å². The molecule has 1 aliphatic heterocycles. The fraction of sp³-hybridized carbons (Fsp3) is 0.207. The monoisotopic (exact) mass is 637 g/mol. The second-order valence-electron chi connectivity index (χ2n) is 9.16. The molecule has 0 spiro atoms. The minimum atomic E-state index is -0.782. The van der Waals surface area contributed by atoms with Crippen LogP contribution < -0.4 is 19.6 Å². The van der Waals surface area contributed by atoms with Gasteiger partial charge in [-0.1, -0.05) is 29.5 Å². The molecule has 10 nitrogen and oxygen atoms in total. The summed E-state index contributed by atoms with van der Waals surface area (Å²) in [5, 5.41) is 11.4. The van der Waals surface area contributed by atoms with Gasteiger partial charge in [0.05, 0.1) is 45.0 Å². The Labute approximate surface area is 246 Å². The zero-order chi connectivity index (χ0) is 29.4. The molecule has 1 atom stereocenters. The van der Waals surface area contributed by atoms with Gasteiger partial charge in [0, 0.05) is 23.3 Å². The van der Waals surface area contributed by atoms with E-state index in [4.69, 9.17) is 13.9 Å². The van der Waals surface area contributed by atoms with Crippen LogP contribution in [0, 0.1) is 17.0 Å². The molecule has 0 fully saturated rings. The number of carbonyl (C=O) groups excluding carboxylic acids is 1. The molecule has 0 N–H and O–H groups in total. The van der Waals surface area contributed by atoms with Gasteiger partial charge in [0.25, 0.3) is 11.2 Å². The van der Waals surface area contributed by atoms with Crippen molar-refractivity contribution in [1.29, 1.82) is 0 Å². The first-order valence-corrected chi connectivity index (χ1v) is 14.1. The molecule has 0 amide bonds. The maximum Gasteiger partial charge on any atom is 0.338 e. The van der Waals surface area contributed by atoms with Crippen molar-refractivity contribution in [3.8, 4) is 17.1 Å². The molecule has 1 aliphatic rings. The number of benzene rings is 2. The van der Waals surface area contributed by atoms with E-state index in [0.29, 0.717) is 53.5 Å². The summed E-state index contributed by atoms with van der Waals surface area (Å²) in [6.07, 6.45) is 1.60. The topological polar surface area (TPSA) is 126 Å². The molecule has 4 aromatic rings. The second-order valence-corrected chi connectivity index (χ2v) is 11.0. The number of nitrogens with zero attached hydrogens (tertiary/aromatic N) is 3. The summed E-state index contributed by atoms with van der Waals surface area (Å²) in [5.74, 6) is 0.863. The molecular formula is C29H24BrN3O7S. The van der Waals surface area contributed by atoms with Crippen molar-refractivity contribution in [3.05, 3.63) is 111 Å². The van der Waals surface area contributed by atoms with Crippen molar-refractivity contribution in [2.45, 2.75) is 26.8 Å². The van der Waals surface area contributed by atoms with Crippen LogP contribution >= 0.6 is 27.3 Å². The van der Waals surface area contributed by atoms with Gasteiger partial charge in [0.2, 0.25) is 0 Å². The highest BCUT2D eigenvalue weighted by molar-refractivity contribution is 9.10. The Morgan fingerprint density at radius 2 is 2.00 bits per heavy atom. The number of carbonyl (C=O) groups is 1. The SMILES string of the molecule is CCOC(=O)C1=C(C)N=c2s/c(=C/c3ccc(-c4ccc(C)c([N+](=O)[O-])c4)o3)c(=O)n2[C@H]1c1ccc(OC)c(Br)c1. The zero-order valence-electron chi connectivity index (χ0n) is 22.5. The number of aryl methyl sites for hydroxylation is 1. The van der Waals surface area contributed by atoms with Crippen LogP contribution in [0.5, 0.6) is 5.75 Å². The summed E-state index contributed by atoms with van der Waals surface area (Å²) in [5.41, 5.74) is 2.11. The summed E-state index contributed by atoms with van der Waals surface area (Å²) in [6, 6.07) is 12.8. The highest BCUT2D eigenvalue weighted by Crippen LogP contribution is 2.35. The Morgan fingerprint density at radius 1 is 1.22 bits per heavy atom. The van der Waals surface area contributed by atoms with E-state index in [-0.39, 0.29) is 23.4 Å². The van der Waals surface area contributed by atoms with Gasteiger partial charge in [-0.15, -0.1) is 0 Å². The van der Waals surface area contributed by atoms with Crippen LogP contribution in [-0.2, 0) is 9.53 Å². The number of hydrogen-bond acceptors (Lipinski definition) is 9. The summed E-state index contributed by atoms with van der Waals surface area (Å²) in [4.78, 5) is 42.9. The van der Waals surface area contributed by atoms with E-state index in [0.717, 1.165) is 0 Å². The highest BCUT2D eigenvalue weighted by Gasteiger charge is 2.33. The van der Waals surface area contributed by atoms with Crippen LogP contribution in [-0.4, -0.2) is 29.2 Å². The fourth-order valence-electron chi connectivity index (χ4n) is 4.63. The van der Waals surface area contributed by atoms with Gasteiger partial charge in [0.15, 0.2) is 4.80 Å². The number of nitro groups is 1. The first-order valence-electron chi connectivity index (χ1n) is 12.5. The van der Waals surface area contributed by atoms with Crippen LogP contribution in [0.3, 0.4) is 0 Å². The lowest BCUT2D eigenvalue weighted by Gasteiger charge is -2.25. The number of hydrogen-bond donors (Lipinski definition) is 0. The van der Waals surface area contributed by atoms with Gasteiger partial charge in [-0.25, -0.2) is 9.79 Å². The van der Waals surface area contributed by atoms with Crippen molar-refractivity contribution in [2.24, 2.45) is 4.99 Å². The lowest BCUT2D eigenvalue weighted by Crippen LogP contribution is -2.39. The Balaban J connectivity index is 1.63. The molecule has 41 heavy (non-hydrogen) atoms. The number of furan rings is 1. The number of ether oxygens (including phenoxy) is 2. The van der Waals surface area contributed by atoms with Crippen LogP contribution in [0.15, 0.2) is 78.5 Å². The zero-order valence-corrected chi connectivity index (χ0v) is 24.9. The molecule has 12 heteroatoms. The fourth-order valence-corrected chi connectivity index (χ4v) is 6.22. The van der Waals surface area contributed by atoms with E-state index in [1.807, 2.05) is 0 Å². The third-order valence-corrected chi connectivity index (χ3v) is 8.20. The van der Waals surface area contributed by atoms with Gasteiger partial charge >= 0.3 is 5.97 Å². The molecule has 0 aliphatic carbocycles. The molecule has 2 aromatic carbocycles. The van der Waals surface area contributed by atoms with E-state index < -0.39 is 16.9 Å². The average Bonchev–Trinajstić information content (AvgIpc) is 3.52. The number of allylic oxidation sites excluding steroid dienone is 1. The number of methoxy groups -OCH3 is 1. The Bertz CT molecular complexity index is 1920. The lowest BCUT2D eigenvalue weighted by molar-refractivity contribution is -0.385. The van der Waals surface area contributed by atoms with Crippen LogP contribution in [0.4, 0.5) is 5.69 Å². The first kappa shape index (κ1) is 28.2. The average molecular weight is 638 g/mol. The summed E-state index contributed by atoms with van der Waals surface area (Å²) >= 11 is 4.67. The number of fused-ring (bicyclic) bond motifs is 1. The minimum Gasteiger partial charge on any atom is -0.496 e. The van der Waals surface area contributed by atoms with E-state index in [1.165, 1.54) is 22.0 Å². The van der Waals surface area contributed by atoms with Gasteiger partial charge in [-0.05, 0) is 66.5 Å². The van der Waals surface area contributed by atoms with Crippen LogP contribution in [0.1, 0.15) is 36.8 Å². The van der Waals surface area contributed by atoms with E-state index >= 15 is 0 Å². The third kappa shape index (κ3) is 5.27. The molecule has 0 bridgehead atoms. The minimum absolute atomic E-state index is 0.00768. The Hall–Kier alpha value is -4.29. The number of aromatic nitrogens is 1. The maximum atomic E-state index is 13.8. The van der Waals surface area contributed by atoms with Crippen molar-refractivity contribution >= 4 is 45.0 Å². The predicted molar refractivity (Wildman–Crippen MR) is 157 cm³/mol. The first-order chi connectivity index (χ1) is 19.6. The number of nitro benzene ring substituents is 1. The van der Waals surface area contributed by atoms with Crippen molar-refractivity contribution in [2.75, 3.05) is 13.7 Å². The number of esters is 1. The largest absolute Gasteiger partial charge is 0.496 e. The normalized spacial score (nSPS) is 15.0. The van der Waals surface area contributed by atoms with Crippen LogP contribution in [0.25, 0.3) is 17.4 Å². The van der Waals surface area contributed by atoms with E-state index in [2.05, 4.69) is 20.9 Å². The van der Waals surface area contributed by atoms with E-state index in [9.17, 15) is 19.7 Å². The molecular weight excluding hydrogens is 614 g/mol. The Morgan fingerprint density at radius 3 is 2.68 bits per heavy atom. The summed E-state index contributed by atoms with van der Waals surface area (Å²) in [7, 11) is 1.55. The highest BCUT2D eigenvalue weighted by atomic mass is 79.9. The number of halogens is 1. The van der Waals surface area contributed by atoms with Gasteiger partial charge < -0.3 is 13.9 Å². The van der Waals surface area contributed by atoms with Gasteiger partial charge in [-0.3, -0.25) is 19.5 Å². The Kier molecular flexibility index (Phi) is 7.78. The quantitative estimate of drug-likeness (QED) is 0.158. The van der Waals surface area contributed by atoms with Gasteiger partial charge in [-0.2, -0.15) is 0 Å². The summed E-state index contributed by atoms with van der Waals surface area (Å²) in [6.45, 7) is 5.27. The van der Waals surface area contributed by atoms with Crippen molar-refractivity contribution < 1.29 is 23.6 Å². The maximum absolute atomic E-state index is 13.8. The smallest absolute Gasteiger partial charge is 0.338 e. The molecule has 0 unspecified atom stereocenters. The molecule has 0 saturated heterocycles. The number of thiazole rings is 1. The molecule has 2 aromatic heterocycles. The van der Waals surface area contributed by atoms with Crippen LogP contribution in [0.2, 0.25) is 0 Å². The second kappa shape index (κ2) is 11.3. The summed E-state index contributed by atoms with van der Waals surface area (Å²) < 4.78 is 19.1. The van der Waals surface area contributed by atoms with E-state index in [1.54, 1.807) is 76.4 Å². The third-order valence-electron chi connectivity index (χ3n) is 6.60. The van der Waals surface area contributed by atoms with Gasteiger partial charge in [0.1, 0.15) is 17.3 Å². The molecule has 0 saturated carbocycles. The molecule has 210 valence electrons. The predicted octanol–water partition coefficient (Wildman–Crippen LogP) is 5.05. The standard InChI is InChI=1S/C29H24BrN3O7S/c1-5-39-28(35)25-16(3)31-29-32(26(25)18-8-10-23(38-4)20(30)12-18)27(34)24(41-29)14-19-9-11-22(40-19)17-7-6-15(2)21(13-17)33(36)37/h6-14,26H,5H2,1-4H3/b24-14+/t26-/m0/s1.